The van der Waals surface area contributed by atoms with E-state index in [-0.39, 0.29) is 5.92 Å². The predicted molar refractivity (Wildman–Crippen MR) is 74.4 cm³/mol. The Labute approximate surface area is 111 Å². The zero-order chi connectivity index (χ0) is 13.2. The van der Waals surface area contributed by atoms with E-state index in [2.05, 4.69) is 31.0 Å². The van der Waals surface area contributed by atoms with Crippen LogP contribution in [-0.4, -0.2) is 36.5 Å². The van der Waals surface area contributed by atoms with Crippen molar-refractivity contribution < 1.29 is 4.79 Å². The largest absolute Gasteiger partial charge is 0.342 e. The Hall–Kier alpha value is -0.570. The van der Waals surface area contributed by atoms with E-state index in [0.717, 1.165) is 32.5 Å². The summed E-state index contributed by atoms with van der Waals surface area (Å²) in [6.07, 6.45) is 5.78. The molecule has 0 aromatic heterocycles. The molecule has 3 heteroatoms. The summed E-state index contributed by atoms with van der Waals surface area (Å²) in [6.45, 7) is 9.78. The zero-order valence-electron chi connectivity index (χ0n) is 12.2. The maximum Gasteiger partial charge on any atom is 0.227 e. The molecule has 2 saturated heterocycles. The Morgan fingerprint density at radius 3 is 2.61 bits per heavy atom. The second-order valence-electron chi connectivity index (χ2n) is 6.48. The first-order chi connectivity index (χ1) is 8.56. The van der Waals surface area contributed by atoms with Gasteiger partial charge < -0.3 is 10.2 Å². The highest BCUT2D eigenvalue weighted by Gasteiger charge is 2.35. The minimum absolute atomic E-state index is 0.213. The van der Waals surface area contributed by atoms with Gasteiger partial charge in [-0.2, -0.15) is 0 Å². The van der Waals surface area contributed by atoms with Crippen LogP contribution in [0.5, 0.6) is 0 Å². The van der Waals surface area contributed by atoms with E-state index in [9.17, 15) is 4.79 Å². The lowest BCUT2D eigenvalue weighted by atomic mass is 9.78. The number of carbonyl (C=O) groups is 1. The van der Waals surface area contributed by atoms with Crippen molar-refractivity contribution >= 4 is 5.91 Å². The molecular weight excluding hydrogens is 224 g/mol. The van der Waals surface area contributed by atoms with Crippen molar-refractivity contribution in [1.82, 2.24) is 10.2 Å². The van der Waals surface area contributed by atoms with Gasteiger partial charge in [-0.3, -0.25) is 4.79 Å². The predicted octanol–water partition coefficient (Wildman–Crippen LogP) is 2.41. The molecule has 0 radical (unpaired) electrons. The number of carbonyl (C=O) groups excluding carboxylic acids is 1. The standard InChI is InChI=1S/C15H28N2O/c1-4-15(3)7-10-17(11-8-15)14(18)13-6-5-9-16-12(13)2/h12-13,16H,4-11H2,1-3H3. The van der Waals surface area contributed by atoms with Gasteiger partial charge in [0, 0.05) is 19.1 Å². The van der Waals surface area contributed by atoms with Gasteiger partial charge in [-0.05, 0) is 44.6 Å². The van der Waals surface area contributed by atoms with Crippen molar-refractivity contribution in [3.8, 4) is 0 Å². The number of hydrogen-bond donors (Lipinski definition) is 1. The second-order valence-corrected chi connectivity index (χ2v) is 6.48. The lowest BCUT2D eigenvalue weighted by Gasteiger charge is -2.41. The quantitative estimate of drug-likeness (QED) is 0.818. The molecule has 0 bridgehead atoms. The summed E-state index contributed by atoms with van der Waals surface area (Å²) >= 11 is 0. The molecule has 2 aliphatic heterocycles. The summed E-state index contributed by atoms with van der Waals surface area (Å²) in [5.74, 6) is 0.609. The molecule has 0 aromatic carbocycles. The van der Waals surface area contributed by atoms with Crippen LogP contribution in [0.3, 0.4) is 0 Å². The maximum atomic E-state index is 12.5. The van der Waals surface area contributed by atoms with Crippen LogP contribution in [0.25, 0.3) is 0 Å². The minimum atomic E-state index is 0.213. The minimum Gasteiger partial charge on any atom is -0.342 e. The Kier molecular flexibility index (Phi) is 4.31. The Morgan fingerprint density at radius 1 is 1.39 bits per heavy atom. The van der Waals surface area contributed by atoms with Gasteiger partial charge in [0.1, 0.15) is 0 Å². The number of nitrogens with zero attached hydrogens (tertiary/aromatic N) is 1. The van der Waals surface area contributed by atoms with E-state index in [4.69, 9.17) is 0 Å². The summed E-state index contributed by atoms with van der Waals surface area (Å²) in [4.78, 5) is 14.7. The van der Waals surface area contributed by atoms with Gasteiger partial charge in [0.2, 0.25) is 5.91 Å². The van der Waals surface area contributed by atoms with Crippen LogP contribution in [0.4, 0.5) is 0 Å². The average Bonchev–Trinajstić information content (AvgIpc) is 2.39. The lowest BCUT2D eigenvalue weighted by Crippen LogP contribution is -2.51. The molecule has 0 aromatic rings. The fourth-order valence-corrected chi connectivity index (χ4v) is 3.24. The van der Waals surface area contributed by atoms with Crippen LogP contribution < -0.4 is 5.32 Å². The van der Waals surface area contributed by atoms with E-state index in [1.807, 2.05) is 0 Å². The third-order valence-corrected chi connectivity index (χ3v) is 5.21. The molecule has 3 nitrogen and oxygen atoms in total. The summed E-state index contributed by atoms with van der Waals surface area (Å²) in [7, 11) is 0. The fourth-order valence-electron chi connectivity index (χ4n) is 3.24. The average molecular weight is 252 g/mol. The van der Waals surface area contributed by atoms with Gasteiger partial charge in [0.25, 0.3) is 0 Å². The maximum absolute atomic E-state index is 12.5. The Balaban J connectivity index is 1.91. The smallest absolute Gasteiger partial charge is 0.227 e. The number of nitrogens with one attached hydrogen (secondary N) is 1. The highest BCUT2D eigenvalue weighted by molar-refractivity contribution is 5.79. The molecule has 0 aliphatic carbocycles. The molecule has 2 fully saturated rings. The van der Waals surface area contributed by atoms with Gasteiger partial charge in [-0.15, -0.1) is 0 Å². The van der Waals surface area contributed by atoms with Crippen molar-refractivity contribution in [1.29, 1.82) is 0 Å². The van der Waals surface area contributed by atoms with Crippen LogP contribution in [-0.2, 0) is 4.79 Å². The van der Waals surface area contributed by atoms with Crippen molar-refractivity contribution in [2.75, 3.05) is 19.6 Å². The van der Waals surface area contributed by atoms with E-state index in [1.165, 1.54) is 19.3 Å². The van der Waals surface area contributed by atoms with Crippen LogP contribution >= 0.6 is 0 Å². The molecule has 2 heterocycles. The third-order valence-electron chi connectivity index (χ3n) is 5.21. The summed E-state index contributed by atoms with van der Waals surface area (Å²) < 4.78 is 0. The van der Waals surface area contributed by atoms with Gasteiger partial charge in [0.05, 0.1) is 5.92 Å². The number of hydrogen-bond acceptors (Lipinski definition) is 2. The number of amides is 1. The van der Waals surface area contributed by atoms with Crippen LogP contribution in [0.15, 0.2) is 0 Å². The van der Waals surface area contributed by atoms with E-state index in [0.29, 0.717) is 17.4 Å². The van der Waals surface area contributed by atoms with Crippen molar-refractivity contribution in [3.05, 3.63) is 0 Å². The van der Waals surface area contributed by atoms with Crippen molar-refractivity contribution in [2.24, 2.45) is 11.3 Å². The molecule has 2 rings (SSSR count). The third kappa shape index (κ3) is 2.87. The lowest BCUT2D eigenvalue weighted by molar-refractivity contribution is -0.139. The molecule has 18 heavy (non-hydrogen) atoms. The molecule has 0 saturated carbocycles. The SMILES string of the molecule is CCC1(C)CCN(C(=O)C2CCCNC2C)CC1. The number of likely N-dealkylation sites (tertiary alicyclic amines) is 1. The van der Waals surface area contributed by atoms with Gasteiger partial charge >= 0.3 is 0 Å². The highest BCUT2D eigenvalue weighted by Crippen LogP contribution is 2.34. The van der Waals surface area contributed by atoms with Gasteiger partial charge in [-0.25, -0.2) is 0 Å². The zero-order valence-corrected chi connectivity index (χ0v) is 12.2. The molecule has 2 aliphatic rings. The Bertz CT molecular complexity index is 295. The second kappa shape index (κ2) is 5.60. The first-order valence-electron chi connectivity index (χ1n) is 7.58. The molecule has 1 N–H and O–H groups in total. The molecule has 0 spiro atoms. The van der Waals surface area contributed by atoms with Crippen LogP contribution in [0, 0.1) is 11.3 Å². The summed E-state index contributed by atoms with van der Waals surface area (Å²) in [5.41, 5.74) is 0.465. The fraction of sp³-hybridized carbons (Fsp3) is 0.933. The highest BCUT2D eigenvalue weighted by atomic mass is 16.2. The van der Waals surface area contributed by atoms with Gasteiger partial charge in [-0.1, -0.05) is 20.3 Å². The van der Waals surface area contributed by atoms with E-state index >= 15 is 0 Å². The Morgan fingerprint density at radius 2 is 2.06 bits per heavy atom. The number of piperidine rings is 2. The van der Waals surface area contributed by atoms with Crippen molar-refractivity contribution in [2.45, 2.75) is 58.9 Å². The first-order valence-corrected chi connectivity index (χ1v) is 7.58. The number of rotatable bonds is 2. The van der Waals surface area contributed by atoms with Crippen LogP contribution in [0.1, 0.15) is 52.9 Å². The molecule has 1 amide bonds. The van der Waals surface area contributed by atoms with E-state index < -0.39 is 0 Å². The summed E-state index contributed by atoms with van der Waals surface area (Å²) in [5, 5.41) is 3.43. The normalized spacial score (nSPS) is 32.3. The molecule has 2 unspecified atom stereocenters. The van der Waals surface area contributed by atoms with Gasteiger partial charge in [0.15, 0.2) is 0 Å². The monoisotopic (exact) mass is 252 g/mol. The van der Waals surface area contributed by atoms with Crippen LogP contribution in [0.2, 0.25) is 0 Å². The summed E-state index contributed by atoms with van der Waals surface area (Å²) in [6, 6.07) is 0.353. The van der Waals surface area contributed by atoms with Crippen molar-refractivity contribution in [3.63, 3.8) is 0 Å². The molecule has 104 valence electrons. The molecular formula is C15H28N2O. The molecule has 2 atom stereocenters. The first kappa shape index (κ1) is 13.9. The topological polar surface area (TPSA) is 32.3 Å². The van der Waals surface area contributed by atoms with E-state index in [1.54, 1.807) is 0 Å².